The molecule has 19 heavy (non-hydrogen) atoms. The van der Waals surface area contributed by atoms with Crippen LogP contribution < -0.4 is 0 Å². The number of aryl methyl sites for hydroxylation is 1. The lowest BCUT2D eigenvalue weighted by Gasteiger charge is -2.08. The maximum Gasteiger partial charge on any atom is 0.341 e. The lowest BCUT2D eigenvalue weighted by Crippen LogP contribution is -2.08. The molecule has 0 saturated carbocycles. The van der Waals surface area contributed by atoms with Crippen molar-refractivity contribution in [3.05, 3.63) is 60.2 Å². The van der Waals surface area contributed by atoms with Gasteiger partial charge in [0.25, 0.3) is 0 Å². The largest absolute Gasteiger partial charge is 0.341 e. The van der Waals surface area contributed by atoms with Crippen LogP contribution in [0.1, 0.15) is 12.0 Å². The molecule has 0 spiro atoms. The van der Waals surface area contributed by atoms with Gasteiger partial charge in [-0.3, -0.25) is 0 Å². The maximum absolute atomic E-state index is 5.87. The van der Waals surface area contributed by atoms with E-state index >= 15 is 0 Å². The van der Waals surface area contributed by atoms with E-state index in [9.17, 15) is 0 Å². The van der Waals surface area contributed by atoms with Gasteiger partial charge in [0.1, 0.15) is 0 Å². The lowest BCUT2D eigenvalue weighted by molar-refractivity contribution is 0.915. The van der Waals surface area contributed by atoms with E-state index in [0.29, 0.717) is 0 Å². The first-order valence-corrected chi connectivity index (χ1v) is 11.5. The highest BCUT2D eigenvalue weighted by Crippen LogP contribution is 2.27. The summed E-state index contributed by atoms with van der Waals surface area (Å²) in [5, 5.41) is 0. The van der Waals surface area contributed by atoms with Crippen molar-refractivity contribution < 1.29 is 0 Å². The van der Waals surface area contributed by atoms with Crippen LogP contribution in [-0.4, -0.2) is 6.00 Å². The molecule has 0 saturated heterocycles. The summed E-state index contributed by atoms with van der Waals surface area (Å²) < 4.78 is 0. The fourth-order valence-electron chi connectivity index (χ4n) is 1.99. The Balaban J connectivity index is 1.96. The number of hydrogen-bond donors (Lipinski definition) is 0. The minimum atomic E-state index is -2.46. The smallest absolute Gasteiger partial charge is 0.126 e. The Morgan fingerprint density at radius 3 is 1.89 bits per heavy atom. The Labute approximate surface area is 129 Å². The van der Waals surface area contributed by atoms with Crippen molar-refractivity contribution in [1.82, 2.24) is 0 Å². The van der Waals surface area contributed by atoms with Crippen LogP contribution in [0.2, 0.25) is 6.04 Å². The maximum atomic E-state index is 5.87. The van der Waals surface area contributed by atoms with E-state index in [1.165, 1.54) is 16.7 Å². The molecular weight excluding hydrogens is 315 g/mol. The molecule has 4 heteroatoms. The second kappa shape index (κ2) is 6.80. The Morgan fingerprint density at radius 1 is 0.737 bits per heavy atom. The fourth-order valence-corrected chi connectivity index (χ4v) is 3.77. The Bertz CT molecular complexity index is 503. The van der Waals surface area contributed by atoms with Crippen LogP contribution in [0.5, 0.6) is 0 Å². The molecule has 0 aromatic heterocycles. The van der Waals surface area contributed by atoms with E-state index in [-0.39, 0.29) is 0 Å². The SMILES string of the molecule is Cl[Si](Cl)(Cl)CCCc1ccc(-c2ccccc2)cc1. The van der Waals surface area contributed by atoms with Gasteiger partial charge in [-0.15, -0.1) is 33.2 Å². The van der Waals surface area contributed by atoms with Crippen molar-refractivity contribution in [2.75, 3.05) is 0 Å². The number of rotatable bonds is 5. The van der Waals surface area contributed by atoms with E-state index < -0.39 is 6.00 Å². The molecule has 0 aliphatic rings. The van der Waals surface area contributed by atoms with E-state index in [2.05, 4.69) is 48.5 Å². The molecule has 0 aliphatic carbocycles. The summed E-state index contributed by atoms with van der Waals surface area (Å²) in [6.45, 7) is 0. The van der Waals surface area contributed by atoms with Crippen LogP contribution in [0.25, 0.3) is 11.1 Å². The van der Waals surface area contributed by atoms with Crippen molar-refractivity contribution in [1.29, 1.82) is 0 Å². The van der Waals surface area contributed by atoms with Gasteiger partial charge in [0, 0.05) is 0 Å². The van der Waals surface area contributed by atoms with E-state index in [4.69, 9.17) is 33.2 Å². The number of hydrogen-bond acceptors (Lipinski definition) is 0. The molecule has 0 radical (unpaired) electrons. The topological polar surface area (TPSA) is 0 Å². The number of benzene rings is 2. The van der Waals surface area contributed by atoms with Crippen LogP contribution in [-0.2, 0) is 6.42 Å². The number of halogens is 3. The predicted molar refractivity (Wildman–Crippen MR) is 88.3 cm³/mol. The lowest BCUT2D eigenvalue weighted by atomic mass is 10.0. The summed E-state index contributed by atoms with van der Waals surface area (Å²) in [5.41, 5.74) is 3.77. The molecule has 0 atom stereocenters. The molecule has 0 amide bonds. The van der Waals surface area contributed by atoms with Gasteiger partial charge in [0.15, 0.2) is 0 Å². The molecule has 0 bridgehead atoms. The first-order valence-electron chi connectivity index (χ1n) is 6.26. The molecule has 0 heterocycles. The highest BCUT2D eigenvalue weighted by Gasteiger charge is 2.23. The molecule has 0 nitrogen and oxygen atoms in total. The predicted octanol–water partition coefficient (Wildman–Crippen LogP) is 5.94. The first kappa shape index (κ1) is 14.9. The summed E-state index contributed by atoms with van der Waals surface area (Å²) in [4.78, 5) is 0. The van der Waals surface area contributed by atoms with Gasteiger partial charge in [0.05, 0.1) is 0 Å². The zero-order valence-corrected chi connectivity index (χ0v) is 13.7. The van der Waals surface area contributed by atoms with Gasteiger partial charge < -0.3 is 0 Å². The quantitative estimate of drug-likeness (QED) is 0.470. The minimum absolute atomic E-state index is 0.720. The third-order valence-corrected chi connectivity index (χ3v) is 5.61. The summed E-state index contributed by atoms with van der Waals surface area (Å²) in [7, 11) is 0. The minimum Gasteiger partial charge on any atom is -0.126 e. The Hall–Kier alpha value is -0.473. The second-order valence-corrected chi connectivity index (χ2v) is 13.8. The third kappa shape index (κ3) is 5.19. The standard InChI is InChI=1S/C15H15Cl3Si/c16-19(17,18)12-4-5-13-8-10-15(11-9-13)14-6-2-1-3-7-14/h1-3,6-11H,4-5,12H2. The van der Waals surface area contributed by atoms with Gasteiger partial charge >= 0.3 is 6.00 Å². The Kier molecular flexibility index (Phi) is 5.34. The molecule has 0 aliphatic heterocycles. The van der Waals surface area contributed by atoms with E-state index in [1.54, 1.807) is 0 Å². The molecule has 0 unspecified atom stereocenters. The highest BCUT2D eigenvalue weighted by atomic mass is 35.8. The summed E-state index contributed by atoms with van der Waals surface area (Å²) in [6, 6.07) is 17.2. The zero-order chi connectivity index (χ0) is 13.7. The molecule has 0 N–H and O–H groups in total. The molecule has 2 rings (SSSR count). The summed E-state index contributed by atoms with van der Waals surface area (Å²) in [6.07, 6.45) is 1.91. The van der Waals surface area contributed by atoms with Gasteiger partial charge in [-0.2, -0.15) is 0 Å². The van der Waals surface area contributed by atoms with E-state index in [0.717, 1.165) is 18.9 Å². The molecular formula is C15H15Cl3Si. The Morgan fingerprint density at radius 2 is 1.32 bits per heavy atom. The first-order chi connectivity index (χ1) is 9.04. The fraction of sp³-hybridized carbons (Fsp3) is 0.200. The van der Waals surface area contributed by atoms with Crippen LogP contribution in [0.4, 0.5) is 0 Å². The molecule has 0 fully saturated rings. The molecule has 2 aromatic carbocycles. The van der Waals surface area contributed by atoms with Crippen LogP contribution in [0, 0.1) is 0 Å². The monoisotopic (exact) mass is 328 g/mol. The van der Waals surface area contributed by atoms with Crippen LogP contribution in [0.3, 0.4) is 0 Å². The normalized spacial score (nSPS) is 11.5. The third-order valence-electron chi connectivity index (χ3n) is 2.99. The zero-order valence-electron chi connectivity index (χ0n) is 10.5. The van der Waals surface area contributed by atoms with Gasteiger partial charge in [0.2, 0.25) is 0 Å². The summed E-state index contributed by atoms with van der Waals surface area (Å²) in [5.74, 6) is 0. The second-order valence-electron chi connectivity index (χ2n) is 4.53. The van der Waals surface area contributed by atoms with Gasteiger partial charge in [-0.05, 0) is 35.6 Å². The summed E-state index contributed by atoms with van der Waals surface area (Å²) >= 11 is 17.6. The van der Waals surface area contributed by atoms with E-state index in [1.807, 2.05) is 6.07 Å². The average Bonchev–Trinajstić information content (AvgIpc) is 2.39. The van der Waals surface area contributed by atoms with Crippen LogP contribution in [0.15, 0.2) is 54.6 Å². The highest BCUT2D eigenvalue weighted by molar-refractivity contribution is 7.64. The van der Waals surface area contributed by atoms with Crippen molar-refractivity contribution >= 4 is 39.2 Å². The van der Waals surface area contributed by atoms with Gasteiger partial charge in [-0.1, -0.05) is 54.6 Å². The van der Waals surface area contributed by atoms with Crippen molar-refractivity contribution in [2.45, 2.75) is 18.9 Å². The van der Waals surface area contributed by atoms with Gasteiger partial charge in [-0.25, -0.2) is 0 Å². The average molecular weight is 330 g/mol. The molecule has 2 aromatic rings. The van der Waals surface area contributed by atoms with Crippen LogP contribution >= 0.6 is 33.2 Å². The molecule has 100 valence electrons. The van der Waals surface area contributed by atoms with Crippen molar-refractivity contribution in [2.24, 2.45) is 0 Å². The van der Waals surface area contributed by atoms with Crippen molar-refractivity contribution in [3.8, 4) is 11.1 Å². The van der Waals surface area contributed by atoms with Crippen molar-refractivity contribution in [3.63, 3.8) is 0 Å².